The number of rotatable bonds is 6. The van der Waals surface area contributed by atoms with E-state index in [1.54, 1.807) is 12.3 Å². The Morgan fingerprint density at radius 3 is 2.93 bits per heavy atom. The van der Waals surface area contributed by atoms with E-state index >= 15 is 0 Å². The van der Waals surface area contributed by atoms with Gasteiger partial charge < -0.3 is 24.5 Å². The van der Waals surface area contributed by atoms with E-state index in [4.69, 9.17) is 13.9 Å². The van der Waals surface area contributed by atoms with Gasteiger partial charge in [-0.05, 0) is 36.8 Å². The number of nitrogens with one attached hydrogen (secondary N) is 3. The monoisotopic (exact) mass is 496 g/mol. The van der Waals surface area contributed by atoms with Crippen LogP contribution in [0.3, 0.4) is 0 Å². The highest BCUT2D eigenvalue weighted by Gasteiger charge is 2.13. The third-order valence-electron chi connectivity index (χ3n) is 3.90. The zero-order valence-electron chi connectivity index (χ0n) is 15.3. The van der Waals surface area contributed by atoms with Gasteiger partial charge in [0.05, 0.1) is 19.4 Å². The molecule has 10 heteroatoms. The number of hydrogen-bond acceptors (Lipinski definition) is 6. The zero-order chi connectivity index (χ0) is 18.5. The normalized spacial score (nSPS) is 12.5. The number of furan rings is 1. The minimum Gasteiger partial charge on any atom is -0.461 e. The number of benzene rings is 1. The van der Waals surface area contributed by atoms with Gasteiger partial charge in [-0.25, -0.2) is 9.98 Å². The van der Waals surface area contributed by atoms with Crippen molar-refractivity contribution in [3.05, 3.63) is 48.0 Å². The van der Waals surface area contributed by atoms with Crippen LogP contribution in [0.4, 0.5) is 0 Å². The van der Waals surface area contributed by atoms with Crippen LogP contribution in [-0.2, 0) is 13.1 Å². The van der Waals surface area contributed by atoms with Crippen LogP contribution in [0.1, 0.15) is 18.3 Å². The van der Waals surface area contributed by atoms with Crippen LogP contribution in [0.25, 0.3) is 11.6 Å². The first-order chi connectivity index (χ1) is 13.3. The van der Waals surface area contributed by atoms with Crippen molar-refractivity contribution < 1.29 is 13.9 Å². The van der Waals surface area contributed by atoms with Crippen LogP contribution in [-0.4, -0.2) is 34.5 Å². The molecule has 0 unspecified atom stereocenters. The standard InChI is InChI=1S/C18H20N6O3.HI/c1-2-19-18(20-9-12-5-6-13-15(8-12)27-11-26-13)21-10-16-22-17(24-23-16)14-4-3-7-25-14;/h3-8H,2,9-11H2,1H3,(H2,19,20,21)(H,22,23,24);1H. The number of aliphatic imine (C=N–C) groups is 1. The lowest BCUT2D eigenvalue weighted by atomic mass is 10.2. The van der Waals surface area contributed by atoms with Crippen LogP contribution in [0, 0.1) is 0 Å². The van der Waals surface area contributed by atoms with E-state index in [9.17, 15) is 0 Å². The van der Waals surface area contributed by atoms with Gasteiger partial charge in [0.2, 0.25) is 12.6 Å². The predicted molar refractivity (Wildman–Crippen MR) is 114 cm³/mol. The fourth-order valence-electron chi connectivity index (χ4n) is 2.61. The summed E-state index contributed by atoms with van der Waals surface area (Å²) in [5, 5.41) is 13.5. The van der Waals surface area contributed by atoms with Crippen molar-refractivity contribution in [1.82, 2.24) is 25.8 Å². The summed E-state index contributed by atoms with van der Waals surface area (Å²) in [6.07, 6.45) is 1.59. The molecule has 0 aliphatic carbocycles. The van der Waals surface area contributed by atoms with E-state index in [0.717, 1.165) is 23.6 Å². The Bertz CT molecular complexity index is 925. The summed E-state index contributed by atoms with van der Waals surface area (Å²) in [5.74, 6) is 4.05. The second-order valence-electron chi connectivity index (χ2n) is 5.82. The van der Waals surface area contributed by atoms with Gasteiger partial charge in [0.25, 0.3) is 0 Å². The molecular weight excluding hydrogens is 475 g/mol. The molecule has 0 bridgehead atoms. The zero-order valence-corrected chi connectivity index (χ0v) is 17.6. The molecule has 0 spiro atoms. The van der Waals surface area contributed by atoms with Gasteiger partial charge in [0.15, 0.2) is 23.2 Å². The van der Waals surface area contributed by atoms with Crippen LogP contribution in [0.15, 0.2) is 46.0 Å². The van der Waals surface area contributed by atoms with E-state index < -0.39 is 0 Å². The molecule has 2 aromatic heterocycles. The van der Waals surface area contributed by atoms with Crippen molar-refractivity contribution in [2.75, 3.05) is 13.3 Å². The number of aromatic nitrogens is 3. The Balaban J connectivity index is 0.00000225. The van der Waals surface area contributed by atoms with Gasteiger partial charge >= 0.3 is 0 Å². The Morgan fingerprint density at radius 1 is 1.21 bits per heavy atom. The third kappa shape index (κ3) is 4.74. The van der Waals surface area contributed by atoms with E-state index in [1.807, 2.05) is 31.2 Å². The maximum Gasteiger partial charge on any atom is 0.231 e. The number of ether oxygens (including phenoxy) is 2. The van der Waals surface area contributed by atoms with E-state index in [-0.39, 0.29) is 30.8 Å². The number of hydrogen-bond donors (Lipinski definition) is 3. The highest BCUT2D eigenvalue weighted by atomic mass is 127. The Labute approximate surface area is 179 Å². The van der Waals surface area contributed by atoms with Crippen molar-refractivity contribution in [2.45, 2.75) is 20.0 Å². The maximum atomic E-state index is 5.40. The summed E-state index contributed by atoms with van der Waals surface area (Å²) >= 11 is 0. The lowest BCUT2D eigenvalue weighted by molar-refractivity contribution is 0.174. The molecule has 0 fully saturated rings. The van der Waals surface area contributed by atoms with Gasteiger partial charge in [-0.1, -0.05) is 6.07 Å². The molecule has 3 heterocycles. The molecule has 28 heavy (non-hydrogen) atoms. The smallest absolute Gasteiger partial charge is 0.231 e. The summed E-state index contributed by atoms with van der Waals surface area (Å²) in [6.45, 7) is 4.01. The molecule has 148 valence electrons. The van der Waals surface area contributed by atoms with Crippen LogP contribution >= 0.6 is 24.0 Å². The molecule has 0 atom stereocenters. The maximum absolute atomic E-state index is 5.40. The topological polar surface area (TPSA) is 110 Å². The summed E-state index contributed by atoms with van der Waals surface area (Å²) < 4.78 is 16.0. The van der Waals surface area contributed by atoms with Crippen LogP contribution in [0.2, 0.25) is 0 Å². The Hall–Kier alpha value is -2.76. The first kappa shape index (κ1) is 20.0. The van der Waals surface area contributed by atoms with Gasteiger partial charge in [0.1, 0.15) is 5.82 Å². The van der Waals surface area contributed by atoms with Gasteiger partial charge in [-0.3, -0.25) is 5.10 Å². The molecular formula is C18H21IN6O3. The number of aromatic amines is 1. The predicted octanol–water partition coefficient (Wildman–Crippen LogP) is 2.67. The van der Waals surface area contributed by atoms with E-state index in [1.165, 1.54) is 0 Å². The average molecular weight is 496 g/mol. The van der Waals surface area contributed by atoms with Crippen molar-refractivity contribution >= 4 is 29.9 Å². The minimum absolute atomic E-state index is 0. The highest BCUT2D eigenvalue weighted by molar-refractivity contribution is 14.0. The van der Waals surface area contributed by atoms with E-state index in [0.29, 0.717) is 36.5 Å². The van der Waals surface area contributed by atoms with Crippen molar-refractivity contribution in [1.29, 1.82) is 0 Å². The fraction of sp³-hybridized carbons (Fsp3) is 0.278. The van der Waals surface area contributed by atoms with Crippen molar-refractivity contribution in [3.8, 4) is 23.1 Å². The largest absolute Gasteiger partial charge is 0.461 e. The summed E-state index contributed by atoms with van der Waals surface area (Å²) in [6, 6.07) is 9.44. The molecule has 1 aliphatic rings. The molecule has 1 aliphatic heterocycles. The fourth-order valence-corrected chi connectivity index (χ4v) is 2.61. The Kier molecular flexibility index (Phi) is 6.74. The molecule has 3 aromatic rings. The van der Waals surface area contributed by atoms with Crippen LogP contribution in [0.5, 0.6) is 11.5 Å². The number of nitrogens with zero attached hydrogens (tertiary/aromatic N) is 3. The summed E-state index contributed by atoms with van der Waals surface area (Å²) in [4.78, 5) is 9.00. The highest BCUT2D eigenvalue weighted by Crippen LogP contribution is 2.32. The quantitative estimate of drug-likeness (QED) is 0.274. The molecule has 0 saturated heterocycles. The second kappa shape index (κ2) is 9.44. The average Bonchev–Trinajstić information content (AvgIpc) is 3.44. The molecule has 0 radical (unpaired) electrons. The SMILES string of the molecule is CCNC(=NCc1ccc2c(c1)OCO2)NCc1nc(-c2ccco2)n[nH]1.I. The summed E-state index contributed by atoms with van der Waals surface area (Å²) in [5.41, 5.74) is 1.04. The second-order valence-corrected chi connectivity index (χ2v) is 5.82. The third-order valence-corrected chi connectivity index (χ3v) is 3.90. The van der Waals surface area contributed by atoms with Crippen molar-refractivity contribution in [3.63, 3.8) is 0 Å². The number of guanidine groups is 1. The summed E-state index contributed by atoms with van der Waals surface area (Å²) in [7, 11) is 0. The minimum atomic E-state index is 0. The molecule has 0 amide bonds. The first-order valence-electron chi connectivity index (χ1n) is 8.67. The van der Waals surface area contributed by atoms with Gasteiger partial charge in [-0.2, -0.15) is 0 Å². The number of fused-ring (bicyclic) bond motifs is 1. The molecule has 4 rings (SSSR count). The molecule has 1 aromatic carbocycles. The lowest BCUT2D eigenvalue weighted by Crippen LogP contribution is -2.37. The first-order valence-corrected chi connectivity index (χ1v) is 8.67. The molecule has 0 saturated carbocycles. The van der Waals surface area contributed by atoms with Gasteiger partial charge in [0, 0.05) is 6.54 Å². The Morgan fingerprint density at radius 2 is 2.11 bits per heavy atom. The number of halogens is 1. The molecule has 9 nitrogen and oxygen atoms in total. The van der Waals surface area contributed by atoms with Crippen molar-refractivity contribution in [2.24, 2.45) is 4.99 Å². The van der Waals surface area contributed by atoms with Crippen LogP contribution < -0.4 is 20.1 Å². The molecule has 3 N–H and O–H groups in total. The lowest BCUT2D eigenvalue weighted by Gasteiger charge is -2.10. The number of H-pyrrole nitrogens is 1. The van der Waals surface area contributed by atoms with Gasteiger partial charge in [-0.15, -0.1) is 29.1 Å². The van der Waals surface area contributed by atoms with E-state index in [2.05, 4.69) is 30.8 Å².